The molecule has 2 aliphatic rings. The minimum atomic E-state index is -1.14. The van der Waals surface area contributed by atoms with E-state index in [4.69, 9.17) is 4.74 Å². The van der Waals surface area contributed by atoms with Gasteiger partial charge in [-0.05, 0) is 83.7 Å². The van der Waals surface area contributed by atoms with Crippen molar-refractivity contribution in [2.45, 2.75) is 64.1 Å². The predicted molar refractivity (Wildman–Crippen MR) is 250 cm³/mol. The minimum absolute atomic E-state index is 0.00773. The third kappa shape index (κ3) is 13.9. The highest BCUT2D eigenvalue weighted by Gasteiger charge is 2.44. The number of aromatic carboxylic acids is 1. The monoisotopic (exact) mass is 914 g/mol. The summed E-state index contributed by atoms with van der Waals surface area (Å²) in [5, 5.41) is 23.8. The van der Waals surface area contributed by atoms with E-state index in [-0.39, 0.29) is 64.0 Å². The molecule has 4 aromatic rings. The van der Waals surface area contributed by atoms with Crippen LogP contribution in [0.5, 0.6) is 0 Å². The van der Waals surface area contributed by atoms with Crippen molar-refractivity contribution in [3.05, 3.63) is 143 Å². The van der Waals surface area contributed by atoms with Crippen LogP contribution in [0.3, 0.4) is 0 Å². The van der Waals surface area contributed by atoms with Crippen molar-refractivity contribution in [1.82, 2.24) is 31.5 Å². The molecule has 2 aliphatic heterocycles. The Hall–Kier alpha value is -7.17. The number of carboxylic acids is 1. The van der Waals surface area contributed by atoms with E-state index in [2.05, 4.69) is 32.3 Å². The average molecular weight is 915 g/mol. The van der Waals surface area contributed by atoms with E-state index >= 15 is 0 Å². The summed E-state index contributed by atoms with van der Waals surface area (Å²) in [6, 6.07) is 26.9. The molecule has 67 heavy (non-hydrogen) atoms. The summed E-state index contributed by atoms with van der Waals surface area (Å²) in [6.07, 6.45) is 3.51. The van der Waals surface area contributed by atoms with Gasteiger partial charge in [-0.15, -0.1) is 0 Å². The number of ether oxygens (including phenoxy) is 1. The summed E-state index contributed by atoms with van der Waals surface area (Å²) in [5.41, 5.74) is 8.14. The Labute approximate surface area is 390 Å². The first-order valence-corrected chi connectivity index (χ1v) is 22.7. The number of amides is 6. The summed E-state index contributed by atoms with van der Waals surface area (Å²) in [7, 11) is 0. The van der Waals surface area contributed by atoms with Crippen molar-refractivity contribution in [3.63, 3.8) is 0 Å². The molecule has 2 bridgehead atoms. The minimum Gasteiger partial charge on any atom is -0.478 e. The first kappa shape index (κ1) is 49.3. The molecule has 16 nitrogen and oxygen atoms in total. The average Bonchev–Trinajstić information content (AvgIpc) is 3.32. The first-order valence-electron chi connectivity index (χ1n) is 22.7. The molecule has 2 heterocycles. The number of hydrogen-bond acceptors (Lipinski definition) is 8. The van der Waals surface area contributed by atoms with Crippen LogP contribution in [0.4, 0.5) is 0 Å². The van der Waals surface area contributed by atoms with E-state index in [0.29, 0.717) is 43.7 Å². The quantitative estimate of drug-likeness (QED) is 0.103. The molecule has 6 amide bonds. The highest BCUT2D eigenvalue weighted by atomic mass is 16.5. The van der Waals surface area contributed by atoms with E-state index in [1.54, 1.807) is 47.4 Å². The van der Waals surface area contributed by atoms with Gasteiger partial charge in [0.25, 0.3) is 0 Å². The van der Waals surface area contributed by atoms with E-state index in [1.807, 2.05) is 61.5 Å². The normalized spacial score (nSPS) is 20.4. The zero-order valence-electron chi connectivity index (χ0n) is 37.8. The Kier molecular flexibility index (Phi) is 17.5. The van der Waals surface area contributed by atoms with Gasteiger partial charge in [0.15, 0.2) is 0 Å². The number of piperidine rings is 1. The fraction of sp³-hybridized carbons (Fsp3) is 0.353. The molecule has 6 rings (SSSR count). The van der Waals surface area contributed by atoms with Gasteiger partial charge in [-0.1, -0.05) is 84.9 Å². The molecule has 1 saturated heterocycles. The smallest absolute Gasteiger partial charge is 0.335 e. The van der Waals surface area contributed by atoms with E-state index < -0.39 is 58.9 Å². The molecule has 1 fully saturated rings. The lowest BCUT2D eigenvalue weighted by Gasteiger charge is -2.42. The van der Waals surface area contributed by atoms with Crippen LogP contribution in [0.15, 0.2) is 109 Å². The van der Waals surface area contributed by atoms with Gasteiger partial charge in [-0.2, -0.15) is 0 Å². The number of carbonyl (C=O) groups is 7. The summed E-state index contributed by atoms with van der Waals surface area (Å²) >= 11 is 0. The molecule has 3 atom stereocenters. The summed E-state index contributed by atoms with van der Waals surface area (Å²) in [6.45, 7) is 3.71. The van der Waals surface area contributed by atoms with Gasteiger partial charge in [0.2, 0.25) is 35.4 Å². The number of quaternary nitrogens is 1. The van der Waals surface area contributed by atoms with Crippen LogP contribution >= 0.6 is 0 Å². The van der Waals surface area contributed by atoms with Gasteiger partial charge in [0.05, 0.1) is 37.2 Å². The number of aryl methyl sites for hydroxylation is 1. The van der Waals surface area contributed by atoms with Crippen LogP contribution < -0.4 is 32.3 Å². The summed E-state index contributed by atoms with van der Waals surface area (Å²) in [5.74, 6) is -3.84. The summed E-state index contributed by atoms with van der Waals surface area (Å²) in [4.78, 5) is 96.2. The Morgan fingerprint density at radius 1 is 0.866 bits per heavy atom. The van der Waals surface area contributed by atoms with Gasteiger partial charge >= 0.3 is 5.97 Å². The number of rotatable bonds is 12. The molecule has 0 unspecified atom stereocenters. The Morgan fingerprint density at radius 2 is 1.61 bits per heavy atom. The van der Waals surface area contributed by atoms with Gasteiger partial charge in [0.1, 0.15) is 12.1 Å². The first-order chi connectivity index (χ1) is 32.3. The van der Waals surface area contributed by atoms with Gasteiger partial charge < -0.3 is 47.1 Å². The molecular weight excluding hydrogens is 855 g/mol. The predicted octanol–water partition coefficient (Wildman–Crippen LogP) is 2.03. The topological polar surface area (TPSA) is 240 Å². The van der Waals surface area contributed by atoms with Crippen LogP contribution in [0.1, 0.15) is 57.4 Å². The number of nitrogens with zero attached hydrogens (tertiary/aromatic N) is 1. The lowest BCUT2D eigenvalue weighted by Crippen LogP contribution is -2.58. The van der Waals surface area contributed by atoms with Crippen LogP contribution in [-0.2, 0) is 59.3 Å². The molecule has 4 aromatic carbocycles. The highest BCUT2D eigenvalue weighted by Crippen LogP contribution is 2.35. The number of fused-ring (bicyclic) bond motifs is 3. The number of benzene rings is 4. The maximum absolute atomic E-state index is 14.9. The van der Waals surface area contributed by atoms with Crippen molar-refractivity contribution in [1.29, 1.82) is 0 Å². The van der Waals surface area contributed by atoms with Crippen molar-refractivity contribution in [3.8, 4) is 11.1 Å². The van der Waals surface area contributed by atoms with E-state index in [0.717, 1.165) is 40.0 Å². The zero-order chi connectivity index (χ0) is 47.8. The van der Waals surface area contributed by atoms with E-state index in [1.165, 1.54) is 0 Å². The Bertz CT molecular complexity index is 2440. The molecule has 352 valence electrons. The second-order valence-electron chi connectivity index (χ2n) is 17.0. The fourth-order valence-electron chi connectivity index (χ4n) is 8.53. The maximum atomic E-state index is 14.9. The van der Waals surface area contributed by atoms with E-state index in [9.17, 15) is 38.7 Å². The molecule has 9 N–H and O–H groups in total. The van der Waals surface area contributed by atoms with Crippen LogP contribution in [-0.4, -0.2) is 109 Å². The zero-order valence-corrected chi connectivity index (χ0v) is 37.8. The summed E-state index contributed by atoms with van der Waals surface area (Å²) < 4.78 is 5.43. The van der Waals surface area contributed by atoms with Gasteiger partial charge in [0, 0.05) is 51.3 Å². The van der Waals surface area contributed by atoms with Crippen LogP contribution in [0.25, 0.3) is 11.1 Å². The fourth-order valence-corrected chi connectivity index (χ4v) is 8.53. The van der Waals surface area contributed by atoms with Crippen molar-refractivity contribution in [2.75, 3.05) is 45.9 Å². The lowest BCUT2D eigenvalue weighted by molar-refractivity contribution is -0.374. The van der Waals surface area contributed by atoms with Gasteiger partial charge in [-0.3, -0.25) is 28.8 Å². The van der Waals surface area contributed by atoms with Gasteiger partial charge in [-0.25, -0.2) is 4.79 Å². The molecular formula is C51H60N7O9+. The molecule has 16 heteroatoms. The number of nitrogens with one attached hydrogen (secondary N) is 5. The third-order valence-corrected chi connectivity index (χ3v) is 12.1. The number of hydrogen-bond donors (Lipinski definition) is 7. The molecule has 0 saturated carbocycles. The highest BCUT2D eigenvalue weighted by molar-refractivity contribution is 5.97. The molecule has 0 aromatic heterocycles. The van der Waals surface area contributed by atoms with Crippen molar-refractivity contribution in [2.24, 2.45) is 5.41 Å². The Morgan fingerprint density at radius 3 is 2.34 bits per heavy atom. The second kappa shape index (κ2) is 23.8. The molecule has 0 spiro atoms. The molecule has 0 radical (unpaired) electrons. The number of carboxylic acid groups (broad SMARTS) is 1. The van der Waals surface area contributed by atoms with Crippen LogP contribution in [0.2, 0.25) is 0 Å². The standard InChI is InChI=1S/C51H59N7O9/c1-34-28-39(49(64)65)16-17-41(34)37-14-12-35(13-15-37)29-43-48(63)55-32-40-11-6-5-10-38(40)30-45(60)56-42(47(62)54-24-27-67-26-22-52)20-23-53-44(59)18-19-46(61)58-25-7-21-51(33-58,50(66)57-43)31-36-8-3-2-4-9-36/h2-6,8-19,28,42-43H,7,20-27,29-33,52H2,1H3,(H,53,59)(H,54,62)(H,55,63)(H,56,60)(H,57,66)(H,64,65)/p+1/b19-18+/t42-,43-,51-/m0/s1. The number of carbonyl (C=O) groups excluding carboxylic acids is 6. The SMILES string of the molecule is Cc1cc(C(=O)O)ccc1-c1ccc(C[C@@H]2NC(=O)[C@]3(Cc4ccccc4)CCCN(C3)C(=O)/C=C/C(=O)NCC[C@@H](C(=O)NCCOCC[NH3+])NC(=O)Cc3ccccc3CNC2=O)cc1. The maximum Gasteiger partial charge on any atom is 0.335 e. The molecule has 0 aliphatic carbocycles. The third-order valence-electron chi connectivity index (χ3n) is 12.1. The van der Waals surface area contributed by atoms with Crippen LogP contribution in [0, 0.1) is 12.3 Å². The lowest BCUT2D eigenvalue weighted by atomic mass is 9.74. The van der Waals surface area contributed by atoms with Crippen molar-refractivity contribution >= 4 is 41.4 Å². The Balaban J connectivity index is 1.31. The largest absolute Gasteiger partial charge is 0.478 e. The second-order valence-corrected chi connectivity index (χ2v) is 17.0. The van der Waals surface area contributed by atoms with Crippen molar-refractivity contribution < 1.29 is 49.1 Å².